The average molecular weight is 306 g/mol. The number of ether oxygens (including phenoxy) is 1. The Bertz CT molecular complexity index is 696. The van der Waals surface area contributed by atoms with Crippen LogP contribution in [0.25, 0.3) is 11.0 Å². The van der Waals surface area contributed by atoms with E-state index < -0.39 is 0 Å². The molecule has 4 rings (SSSR count). The second kappa shape index (κ2) is 5.04. The van der Waals surface area contributed by atoms with Crippen LogP contribution in [0, 0.1) is 0 Å². The number of halogens is 1. The summed E-state index contributed by atoms with van der Waals surface area (Å²) in [6.07, 6.45) is 3.38. The Morgan fingerprint density at radius 1 is 1.29 bits per heavy atom. The van der Waals surface area contributed by atoms with Crippen molar-refractivity contribution in [3.05, 3.63) is 35.0 Å². The van der Waals surface area contributed by atoms with E-state index in [1.165, 1.54) is 0 Å². The fraction of sp³-hybridized carbons (Fsp3) is 0.438. The van der Waals surface area contributed by atoms with Crippen molar-refractivity contribution in [2.75, 3.05) is 13.2 Å². The van der Waals surface area contributed by atoms with E-state index in [1.54, 1.807) is 18.2 Å². The number of rotatable bonds is 1. The molecule has 1 saturated heterocycles. The first-order valence-electron chi connectivity index (χ1n) is 7.34. The predicted octanol–water partition coefficient (Wildman–Crippen LogP) is 3.48. The summed E-state index contributed by atoms with van der Waals surface area (Å²) >= 11 is 5.98. The highest BCUT2D eigenvalue weighted by molar-refractivity contribution is 6.31. The maximum absolute atomic E-state index is 12.7. The summed E-state index contributed by atoms with van der Waals surface area (Å²) in [6, 6.07) is 7.36. The molecule has 0 spiro atoms. The standard InChI is InChI=1S/C16H16ClNO3/c17-11-4-5-13-10(8-11)9-15(21-13)16(19)18-6-7-20-14-3-1-2-12(14)18/h4-5,8-9,12,14H,1-3,6-7H2/t12-,14+/m1/s1. The van der Waals surface area contributed by atoms with Crippen molar-refractivity contribution in [1.29, 1.82) is 0 Å². The van der Waals surface area contributed by atoms with Gasteiger partial charge in [0.25, 0.3) is 5.91 Å². The zero-order valence-electron chi connectivity index (χ0n) is 11.5. The summed E-state index contributed by atoms with van der Waals surface area (Å²) in [5, 5.41) is 1.51. The Morgan fingerprint density at radius 3 is 3.10 bits per heavy atom. The molecule has 1 aromatic heterocycles. The van der Waals surface area contributed by atoms with E-state index in [0.717, 1.165) is 24.6 Å². The number of morpholine rings is 1. The van der Waals surface area contributed by atoms with Gasteiger partial charge in [-0.3, -0.25) is 4.79 Å². The number of furan rings is 1. The van der Waals surface area contributed by atoms with Crippen LogP contribution in [-0.2, 0) is 4.74 Å². The lowest BCUT2D eigenvalue weighted by molar-refractivity contribution is -0.0453. The third kappa shape index (κ3) is 2.23. The molecular formula is C16H16ClNO3. The minimum absolute atomic E-state index is 0.0393. The van der Waals surface area contributed by atoms with Gasteiger partial charge in [-0.2, -0.15) is 0 Å². The summed E-state index contributed by atoms with van der Waals surface area (Å²) < 4.78 is 11.4. The second-order valence-corrected chi connectivity index (χ2v) is 6.14. The molecule has 1 aromatic carbocycles. The van der Waals surface area contributed by atoms with E-state index in [0.29, 0.717) is 29.5 Å². The third-order valence-electron chi connectivity index (χ3n) is 4.43. The monoisotopic (exact) mass is 305 g/mol. The van der Waals surface area contributed by atoms with E-state index in [4.69, 9.17) is 20.8 Å². The number of nitrogens with zero attached hydrogens (tertiary/aromatic N) is 1. The number of carbonyl (C=O) groups excluding carboxylic acids is 1. The SMILES string of the molecule is O=C(c1cc2cc(Cl)ccc2o1)N1CCO[C@H]2CCC[C@H]21. The first-order valence-corrected chi connectivity index (χ1v) is 7.72. The molecule has 1 aliphatic heterocycles. The summed E-state index contributed by atoms with van der Waals surface area (Å²) in [6.45, 7) is 1.25. The Morgan fingerprint density at radius 2 is 2.19 bits per heavy atom. The van der Waals surface area contributed by atoms with Crippen LogP contribution in [0.2, 0.25) is 5.02 Å². The van der Waals surface area contributed by atoms with Crippen LogP contribution in [0.3, 0.4) is 0 Å². The number of fused-ring (bicyclic) bond motifs is 2. The minimum atomic E-state index is -0.0393. The molecule has 4 nitrogen and oxygen atoms in total. The first kappa shape index (κ1) is 13.2. The number of hydrogen-bond donors (Lipinski definition) is 0. The van der Waals surface area contributed by atoms with Gasteiger partial charge in [-0.15, -0.1) is 0 Å². The van der Waals surface area contributed by atoms with Crippen LogP contribution in [0.1, 0.15) is 29.8 Å². The molecule has 0 N–H and O–H groups in total. The molecule has 2 fully saturated rings. The van der Waals surface area contributed by atoms with Crippen molar-refractivity contribution in [2.45, 2.75) is 31.4 Å². The topological polar surface area (TPSA) is 42.7 Å². The quantitative estimate of drug-likeness (QED) is 0.810. The molecule has 21 heavy (non-hydrogen) atoms. The molecule has 2 aromatic rings. The zero-order chi connectivity index (χ0) is 14.4. The second-order valence-electron chi connectivity index (χ2n) is 5.70. The lowest BCUT2D eigenvalue weighted by Gasteiger charge is -2.37. The molecule has 1 saturated carbocycles. The normalized spacial score (nSPS) is 25.3. The predicted molar refractivity (Wildman–Crippen MR) is 79.6 cm³/mol. The summed E-state index contributed by atoms with van der Waals surface area (Å²) in [7, 11) is 0. The van der Waals surface area contributed by atoms with Gasteiger partial charge in [0, 0.05) is 17.0 Å². The van der Waals surface area contributed by atoms with Gasteiger partial charge in [0.05, 0.1) is 18.8 Å². The van der Waals surface area contributed by atoms with Crippen LogP contribution in [0.4, 0.5) is 0 Å². The molecule has 0 radical (unpaired) electrons. The first-order chi connectivity index (χ1) is 10.2. The molecule has 1 amide bonds. The number of amides is 1. The van der Waals surface area contributed by atoms with Crippen LogP contribution >= 0.6 is 11.6 Å². The van der Waals surface area contributed by atoms with Gasteiger partial charge in [-0.1, -0.05) is 11.6 Å². The Hall–Kier alpha value is -1.52. The molecule has 2 atom stereocenters. The minimum Gasteiger partial charge on any atom is -0.451 e. The molecule has 0 bridgehead atoms. The van der Waals surface area contributed by atoms with Crippen molar-refractivity contribution in [3.8, 4) is 0 Å². The van der Waals surface area contributed by atoms with Gasteiger partial charge in [-0.05, 0) is 43.5 Å². The van der Waals surface area contributed by atoms with Crippen molar-refractivity contribution < 1.29 is 13.9 Å². The summed E-state index contributed by atoms with van der Waals surface area (Å²) in [5.74, 6) is 0.349. The van der Waals surface area contributed by atoms with E-state index in [9.17, 15) is 4.79 Å². The van der Waals surface area contributed by atoms with E-state index >= 15 is 0 Å². The number of benzene rings is 1. The van der Waals surface area contributed by atoms with E-state index in [-0.39, 0.29) is 18.1 Å². The molecule has 110 valence electrons. The Balaban J connectivity index is 1.66. The maximum atomic E-state index is 12.7. The lowest BCUT2D eigenvalue weighted by atomic mass is 10.1. The largest absolute Gasteiger partial charge is 0.451 e. The number of carbonyl (C=O) groups is 1. The highest BCUT2D eigenvalue weighted by Crippen LogP contribution is 2.31. The van der Waals surface area contributed by atoms with E-state index in [2.05, 4.69) is 0 Å². The van der Waals surface area contributed by atoms with Crippen molar-refractivity contribution in [3.63, 3.8) is 0 Å². The Kier molecular flexibility index (Phi) is 3.16. The average Bonchev–Trinajstić information content (AvgIpc) is 3.11. The van der Waals surface area contributed by atoms with Crippen LogP contribution < -0.4 is 0 Å². The highest BCUT2D eigenvalue weighted by atomic mass is 35.5. The molecular weight excluding hydrogens is 290 g/mol. The van der Waals surface area contributed by atoms with Crippen LogP contribution in [0.5, 0.6) is 0 Å². The van der Waals surface area contributed by atoms with Gasteiger partial charge < -0.3 is 14.1 Å². The molecule has 2 heterocycles. The van der Waals surface area contributed by atoms with Gasteiger partial charge in [0.1, 0.15) is 5.58 Å². The summed E-state index contributed by atoms with van der Waals surface area (Å²) in [4.78, 5) is 14.7. The smallest absolute Gasteiger partial charge is 0.290 e. The highest BCUT2D eigenvalue weighted by Gasteiger charge is 2.39. The van der Waals surface area contributed by atoms with Gasteiger partial charge in [0.2, 0.25) is 0 Å². The van der Waals surface area contributed by atoms with Crippen LogP contribution in [0.15, 0.2) is 28.7 Å². The molecule has 1 aliphatic carbocycles. The molecule has 2 aliphatic rings. The van der Waals surface area contributed by atoms with E-state index in [1.807, 2.05) is 11.0 Å². The molecule has 5 heteroatoms. The van der Waals surface area contributed by atoms with Gasteiger partial charge in [-0.25, -0.2) is 0 Å². The fourth-order valence-corrected chi connectivity index (χ4v) is 3.62. The fourth-order valence-electron chi connectivity index (χ4n) is 3.44. The third-order valence-corrected chi connectivity index (χ3v) is 4.67. The maximum Gasteiger partial charge on any atom is 0.290 e. The van der Waals surface area contributed by atoms with Crippen molar-refractivity contribution in [1.82, 2.24) is 4.90 Å². The summed E-state index contributed by atoms with van der Waals surface area (Å²) in [5.41, 5.74) is 0.694. The number of hydrogen-bond acceptors (Lipinski definition) is 3. The van der Waals surface area contributed by atoms with Gasteiger partial charge in [0.15, 0.2) is 5.76 Å². The lowest BCUT2D eigenvalue weighted by Crippen LogP contribution is -2.51. The van der Waals surface area contributed by atoms with Crippen LogP contribution in [-0.4, -0.2) is 36.1 Å². The van der Waals surface area contributed by atoms with Gasteiger partial charge >= 0.3 is 0 Å². The Labute approximate surface area is 127 Å². The molecule has 0 unspecified atom stereocenters. The zero-order valence-corrected chi connectivity index (χ0v) is 12.3. The van der Waals surface area contributed by atoms with Crippen molar-refractivity contribution >= 4 is 28.5 Å². The van der Waals surface area contributed by atoms with Crippen molar-refractivity contribution in [2.24, 2.45) is 0 Å².